The molecule has 0 aliphatic heterocycles. The quantitative estimate of drug-likeness (QED) is 0.795. The van der Waals surface area contributed by atoms with Crippen LogP contribution in [0.5, 0.6) is 0 Å². The molecule has 1 heterocycles. The molecule has 0 aliphatic carbocycles. The van der Waals surface area contributed by atoms with E-state index in [1.165, 1.54) is 15.2 Å². The van der Waals surface area contributed by atoms with Gasteiger partial charge >= 0.3 is 0 Å². The van der Waals surface area contributed by atoms with E-state index < -0.39 is 0 Å². The zero-order valence-corrected chi connectivity index (χ0v) is 10.8. The van der Waals surface area contributed by atoms with Crippen LogP contribution in [0.25, 0.3) is 0 Å². The second-order valence-corrected chi connectivity index (χ2v) is 5.43. The molecule has 0 atom stereocenters. The zero-order chi connectivity index (χ0) is 10.6. The SMILES string of the molecule is CN=c1ssc(NC)c1CCN(C)C. The van der Waals surface area contributed by atoms with Crippen molar-refractivity contribution >= 4 is 25.7 Å². The monoisotopic (exact) mass is 231 g/mol. The first-order valence-corrected chi connectivity index (χ1v) is 6.71. The molecule has 0 amide bonds. The summed E-state index contributed by atoms with van der Waals surface area (Å²) in [5, 5.41) is 4.49. The highest BCUT2D eigenvalue weighted by molar-refractivity contribution is 7.70. The molecule has 5 heteroatoms. The standard InChI is InChI=1S/C9H17N3S2/c1-10-8-7(5-6-12(3)4)9(11-2)14-13-8/h10H,5-6H2,1-4H3. The van der Waals surface area contributed by atoms with E-state index in [9.17, 15) is 0 Å². The van der Waals surface area contributed by atoms with E-state index in [1.54, 1.807) is 20.7 Å². The lowest BCUT2D eigenvalue weighted by molar-refractivity contribution is 0.413. The number of rotatable bonds is 4. The third kappa shape index (κ3) is 2.80. The van der Waals surface area contributed by atoms with Gasteiger partial charge in [0.15, 0.2) is 0 Å². The van der Waals surface area contributed by atoms with Crippen molar-refractivity contribution in [2.45, 2.75) is 6.42 Å². The molecule has 0 radical (unpaired) electrons. The lowest BCUT2D eigenvalue weighted by atomic mass is 10.2. The van der Waals surface area contributed by atoms with Crippen molar-refractivity contribution < 1.29 is 0 Å². The Hall–Kier alpha value is -0.390. The highest BCUT2D eigenvalue weighted by Crippen LogP contribution is 2.22. The van der Waals surface area contributed by atoms with E-state index in [4.69, 9.17) is 0 Å². The van der Waals surface area contributed by atoms with Crippen LogP contribution in [0.15, 0.2) is 4.99 Å². The normalized spacial score (nSPS) is 12.5. The average Bonchev–Trinajstić information content (AvgIpc) is 2.56. The summed E-state index contributed by atoms with van der Waals surface area (Å²) in [7, 11) is 11.5. The first-order valence-electron chi connectivity index (χ1n) is 4.56. The summed E-state index contributed by atoms with van der Waals surface area (Å²) in [5.41, 5.74) is 1.36. The first-order chi connectivity index (χ1) is 6.69. The fourth-order valence-corrected chi connectivity index (χ4v) is 3.75. The summed E-state index contributed by atoms with van der Waals surface area (Å²) in [6.07, 6.45) is 1.07. The van der Waals surface area contributed by atoms with Crippen LogP contribution in [-0.4, -0.2) is 39.6 Å². The number of anilines is 1. The minimum Gasteiger partial charge on any atom is -0.379 e. The van der Waals surface area contributed by atoms with Gasteiger partial charge in [-0.1, -0.05) is 20.7 Å². The fraction of sp³-hybridized carbons (Fsp3) is 0.667. The van der Waals surface area contributed by atoms with Crippen LogP contribution in [0, 0.1) is 0 Å². The second-order valence-electron chi connectivity index (χ2n) is 3.31. The number of nitrogens with one attached hydrogen (secondary N) is 1. The van der Waals surface area contributed by atoms with Gasteiger partial charge in [0.05, 0.1) is 0 Å². The molecule has 0 aromatic carbocycles. The third-order valence-corrected chi connectivity index (χ3v) is 4.49. The maximum atomic E-state index is 4.29. The molecule has 80 valence electrons. The Balaban J connectivity index is 2.86. The summed E-state index contributed by atoms with van der Waals surface area (Å²) in [4.78, 5) is 6.48. The molecule has 1 N–H and O–H groups in total. The van der Waals surface area contributed by atoms with Gasteiger partial charge in [-0.15, -0.1) is 0 Å². The van der Waals surface area contributed by atoms with Crippen LogP contribution in [0.4, 0.5) is 5.00 Å². The summed E-state index contributed by atoms with van der Waals surface area (Å²) < 4.78 is 1.17. The van der Waals surface area contributed by atoms with Gasteiger partial charge in [0.25, 0.3) is 0 Å². The van der Waals surface area contributed by atoms with Crippen LogP contribution in [-0.2, 0) is 6.42 Å². The molecule has 0 saturated heterocycles. The molecule has 1 aromatic rings. The summed E-state index contributed by atoms with van der Waals surface area (Å²) >= 11 is 0. The predicted molar refractivity (Wildman–Crippen MR) is 65.5 cm³/mol. The van der Waals surface area contributed by atoms with Gasteiger partial charge in [-0.25, -0.2) is 0 Å². The summed E-state index contributed by atoms with van der Waals surface area (Å²) in [6, 6.07) is 0. The second kappa shape index (κ2) is 5.48. The largest absolute Gasteiger partial charge is 0.379 e. The lowest BCUT2D eigenvalue weighted by Gasteiger charge is -2.08. The Labute approximate surface area is 92.5 Å². The first kappa shape index (κ1) is 11.7. The van der Waals surface area contributed by atoms with Gasteiger partial charge in [0.1, 0.15) is 9.67 Å². The van der Waals surface area contributed by atoms with Gasteiger partial charge < -0.3 is 10.2 Å². The van der Waals surface area contributed by atoms with Gasteiger partial charge in [0, 0.05) is 26.2 Å². The van der Waals surface area contributed by atoms with E-state index in [2.05, 4.69) is 29.3 Å². The average molecular weight is 231 g/mol. The zero-order valence-electron chi connectivity index (χ0n) is 9.13. The Kier molecular flexibility index (Phi) is 4.57. The Morgan fingerprint density at radius 3 is 2.57 bits per heavy atom. The molecule has 0 unspecified atom stereocenters. The van der Waals surface area contributed by atoms with E-state index in [0.29, 0.717) is 0 Å². The van der Waals surface area contributed by atoms with Crippen LogP contribution in [0.2, 0.25) is 0 Å². The molecule has 0 bridgehead atoms. The van der Waals surface area contributed by atoms with Crippen molar-refractivity contribution in [3.63, 3.8) is 0 Å². The van der Waals surface area contributed by atoms with E-state index in [1.807, 2.05) is 14.1 Å². The van der Waals surface area contributed by atoms with Crippen molar-refractivity contribution in [1.29, 1.82) is 0 Å². The molecule has 1 rings (SSSR count). The van der Waals surface area contributed by atoms with E-state index >= 15 is 0 Å². The van der Waals surface area contributed by atoms with Gasteiger partial charge in [0.2, 0.25) is 0 Å². The molecule has 0 spiro atoms. The summed E-state index contributed by atoms with van der Waals surface area (Å²) in [5.74, 6) is 0. The predicted octanol–water partition coefficient (Wildman–Crippen LogP) is 1.49. The molecule has 1 aromatic heterocycles. The minimum atomic E-state index is 1.07. The number of nitrogens with zero attached hydrogens (tertiary/aromatic N) is 2. The van der Waals surface area contributed by atoms with Crippen LogP contribution in [0.3, 0.4) is 0 Å². The molecule has 0 aliphatic rings. The minimum absolute atomic E-state index is 1.07. The van der Waals surface area contributed by atoms with Gasteiger partial charge in [-0.3, -0.25) is 4.99 Å². The Bertz CT molecular complexity index is 338. The van der Waals surface area contributed by atoms with Crippen molar-refractivity contribution in [3.8, 4) is 0 Å². The molecule has 14 heavy (non-hydrogen) atoms. The summed E-state index contributed by atoms with van der Waals surface area (Å²) in [6.45, 7) is 1.07. The highest BCUT2D eigenvalue weighted by Gasteiger charge is 2.07. The Morgan fingerprint density at radius 2 is 2.07 bits per heavy atom. The maximum Gasteiger partial charge on any atom is 0.126 e. The highest BCUT2D eigenvalue weighted by atomic mass is 32.9. The smallest absolute Gasteiger partial charge is 0.126 e. The Morgan fingerprint density at radius 1 is 1.36 bits per heavy atom. The van der Waals surface area contributed by atoms with Crippen LogP contribution < -0.4 is 9.99 Å². The van der Waals surface area contributed by atoms with E-state index in [-0.39, 0.29) is 0 Å². The molecule has 0 fully saturated rings. The van der Waals surface area contributed by atoms with Crippen molar-refractivity contribution in [3.05, 3.63) is 10.2 Å². The van der Waals surface area contributed by atoms with Gasteiger partial charge in [-0.05, 0) is 20.5 Å². The maximum absolute atomic E-state index is 4.29. The van der Waals surface area contributed by atoms with Crippen molar-refractivity contribution in [1.82, 2.24) is 4.90 Å². The lowest BCUT2D eigenvalue weighted by Crippen LogP contribution is -2.18. The van der Waals surface area contributed by atoms with Crippen LogP contribution >= 0.6 is 20.7 Å². The number of hydrogen-bond acceptors (Lipinski definition) is 5. The molecule has 3 nitrogen and oxygen atoms in total. The topological polar surface area (TPSA) is 27.6 Å². The van der Waals surface area contributed by atoms with Crippen molar-refractivity contribution in [2.75, 3.05) is 40.1 Å². The van der Waals surface area contributed by atoms with Gasteiger partial charge in [-0.2, -0.15) is 0 Å². The van der Waals surface area contributed by atoms with Crippen LogP contribution in [0.1, 0.15) is 5.56 Å². The number of hydrogen-bond donors (Lipinski definition) is 1. The molecule has 0 saturated carbocycles. The molecular weight excluding hydrogens is 214 g/mol. The molecular formula is C9H17N3S2. The fourth-order valence-electron chi connectivity index (χ4n) is 1.20. The van der Waals surface area contributed by atoms with E-state index in [0.717, 1.165) is 13.0 Å². The third-order valence-electron chi connectivity index (χ3n) is 1.98. The number of likely N-dealkylation sites (N-methyl/N-ethyl adjacent to an activating group) is 1. The van der Waals surface area contributed by atoms with Crippen molar-refractivity contribution in [2.24, 2.45) is 4.99 Å².